The minimum absolute atomic E-state index is 0.123. The molecule has 1 aromatic heterocycles. The van der Waals surface area contributed by atoms with Crippen molar-refractivity contribution < 1.29 is 0 Å². The van der Waals surface area contributed by atoms with Gasteiger partial charge in [0.15, 0.2) is 0 Å². The summed E-state index contributed by atoms with van der Waals surface area (Å²) in [6.07, 6.45) is 0.881. The van der Waals surface area contributed by atoms with Gasteiger partial charge in [-0.2, -0.15) is 0 Å². The van der Waals surface area contributed by atoms with Crippen molar-refractivity contribution in [3.8, 4) is 0 Å². The predicted molar refractivity (Wildman–Crippen MR) is 84.7 cm³/mol. The molecular formula is C13H14Br2N2S. The van der Waals surface area contributed by atoms with Crippen molar-refractivity contribution in [2.45, 2.75) is 19.4 Å². The monoisotopic (exact) mass is 388 g/mol. The van der Waals surface area contributed by atoms with Crippen LogP contribution in [0.3, 0.4) is 0 Å². The van der Waals surface area contributed by atoms with Crippen LogP contribution in [-0.2, 0) is 6.42 Å². The zero-order valence-corrected chi connectivity index (χ0v) is 13.9. The van der Waals surface area contributed by atoms with Crippen molar-refractivity contribution in [3.63, 3.8) is 0 Å². The molecule has 2 rings (SSSR count). The molecule has 0 bridgehead atoms. The van der Waals surface area contributed by atoms with Gasteiger partial charge in [0, 0.05) is 20.2 Å². The molecule has 0 aliphatic carbocycles. The number of rotatable bonds is 4. The molecule has 96 valence electrons. The molecule has 1 unspecified atom stereocenters. The van der Waals surface area contributed by atoms with Gasteiger partial charge in [-0.25, -0.2) is 0 Å². The van der Waals surface area contributed by atoms with Crippen LogP contribution in [0.1, 0.15) is 22.0 Å². The molecule has 1 atom stereocenters. The van der Waals surface area contributed by atoms with E-state index in [0.29, 0.717) is 0 Å². The number of benzene rings is 1. The van der Waals surface area contributed by atoms with E-state index in [2.05, 4.69) is 61.7 Å². The highest BCUT2D eigenvalue weighted by Crippen LogP contribution is 2.30. The Labute approximate surface area is 128 Å². The van der Waals surface area contributed by atoms with E-state index in [4.69, 9.17) is 5.84 Å². The molecule has 0 aliphatic heterocycles. The minimum Gasteiger partial charge on any atom is -0.271 e. The maximum Gasteiger partial charge on any atom is 0.0511 e. The van der Waals surface area contributed by atoms with E-state index in [9.17, 15) is 0 Å². The van der Waals surface area contributed by atoms with Crippen LogP contribution in [0.5, 0.6) is 0 Å². The Morgan fingerprint density at radius 1 is 1.28 bits per heavy atom. The zero-order chi connectivity index (χ0) is 13.1. The summed E-state index contributed by atoms with van der Waals surface area (Å²) in [7, 11) is 0. The number of hydrogen-bond donors (Lipinski definition) is 2. The van der Waals surface area contributed by atoms with Crippen molar-refractivity contribution in [2.75, 3.05) is 0 Å². The van der Waals surface area contributed by atoms with Crippen LogP contribution < -0.4 is 11.3 Å². The SMILES string of the molecule is Cc1c(Br)cccc1C(Cc1sccc1Br)NN. The molecule has 2 nitrogen and oxygen atoms in total. The smallest absolute Gasteiger partial charge is 0.0511 e. The van der Waals surface area contributed by atoms with Crippen molar-refractivity contribution in [2.24, 2.45) is 5.84 Å². The molecule has 0 saturated carbocycles. The Morgan fingerprint density at radius 2 is 2.06 bits per heavy atom. The number of thiophene rings is 1. The fourth-order valence-electron chi connectivity index (χ4n) is 1.92. The van der Waals surface area contributed by atoms with Gasteiger partial charge in [0.1, 0.15) is 0 Å². The van der Waals surface area contributed by atoms with Crippen LogP contribution in [0.2, 0.25) is 0 Å². The van der Waals surface area contributed by atoms with Crippen molar-refractivity contribution in [3.05, 3.63) is 54.6 Å². The zero-order valence-electron chi connectivity index (χ0n) is 9.91. The van der Waals surface area contributed by atoms with Crippen molar-refractivity contribution in [1.82, 2.24) is 5.43 Å². The Kier molecular flexibility index (Phi) is 4.98. The van der Waals surface area contributed by atoms with Gasteiger partial charge < -0.3 is 0 Å². The van der Waals surface area contributed by atoms with Crippen LogP contribution in [0.15, 0.2) is 38.6 Å². The fourth-order valence-corrected chi connectivity index (χ4v) is 3.86. The van der Waals surface area contributed by atoms with Gasteiger partial charge in [-0.15, -0.1) is 11.3 Å². The first-order valence-corrected chi connectivity index (χ1v) is 8.03. The Hall–Kier alpha value is -0.200. The van der Waals surface area contributed by atoms with Crippen LogP contribution in [0.25, 0.3) is 0 Å². The number of nitrogens with two attached hydrogens (primary N) is 1. The minimum atomic E-state index is 0.123. The lowest BCUT2D eigenvalue weighted by Gasteiger charge is -2.19. The van der Waals surface area contributed by atoms with Gasteiger partial charge in [0.2, 0.25) is 0 Å². The topological polar surface area (TPSA) is 38.0 Å². The quantitative estimate of drug-likeness (QED) is 0.603. The molecule has 0 amide bonds. The molecule has 0 aliphatic rings. The molecule has 18 heavy (non-hydrogen) atoms. The number of nitrogens with one attached hydrogen (secondary N) is 1. The largest absolute Gasteiger partial charge is 0.271 e. The maximum absolute atomic E-state index is 5.71. The normalized spacial score (nSPS) is 12.7. The van der Waals surface area contributed by atoms with Crippen LogP contribution in [0, 0.1) is 6.92 Å². The van der Waals surface area contributed by atoms with E-state index in [1.807, 2.05) is 12.1 Å². The lowest BCUT2D eigenvalue weighted by molar-refractivity contribution is 0.552. The van der Waals surface area contributed by atoms with E-state index < -0.39 is 0 Å². The summed E-state index contributed by atoms with van der Waals surface area (Å²) in [5.41, 5.74) is 5.38. The fraction of sp³-hybridized carbons (Fsp3) is 0.231. The summed E-state index contributed by atoms with van der Waals surface area (Å²) >= 11 is 8.87. The van der Waals surface area contributed by atoms with Crippen LogP contribution in [0.4, 0.5) is 0 Å². The van der Waals surface area contributed by atoms with Crippen LogP contribution >= 0.6 is 43.2 Å². The first-order chi connectivity index (χ1) is 8.63. The second kappa shape index (κ2) is 6.30. The van der Waals surface area contributed by atoms with Gasteiger partial charge in [-0.1, -0.05) is 28.1 Å². The Bertz CT molecular complexity index is 540. The highest BCUT2D eigenvalue weighted by atomic mass is 79.9. The van der Waals surface area contributed by atoms with Gasteiger partial charge in [-0.05, 0) is 51.5 Å². The summed E-state index contributed by atoms with van der Waals surface area (Å²) in [6, 6.07) is 8.40. The first-order valence-electron chi connectivity index (χ1n) is 5.56. The summed E-state index contributed by atoms with van der Waals surface area (Å²) < 4.78 is 2.27. The Morgan fingerprint density at radius 3 is 2.67 bits per heavy atom. The van der Waals surface area contributed by atoms with Crippen molar-refractivity contribution >= 4 is 43.2 Å². The molecule has 0 saturated heterocycles. The highest BCUT2D eigenvalue weighted by molar-refractivity contribution is 9.10. The molecule has 0 radical (unpaired) electrons. The van der Waals surface area contributed by atoms with Gasteiger partial charge in [0.25, 0.3) is 0 Å². The van der Waals surface area contributed by atoms with E-state index >= 15 is 0 Å². The van der Waals surface area contributed by atoms with E-state index in [1.165, 1.54) is 16.0 Å². The maximum atomic E-state index is 5.71. The molecule has 5 heteroatoms. The third-order valence-electron chi connectivity index (χ3n) is 2.97. The molecule has 0 fully saturated rings. The van der Waals surface area contributed by atoms with E-state index in [1.54, 1.807) is 11.3 Å². The van der Waals surface area contributed by atoms with Crippen molar-refractivity contribution in [1.29, 1.82) is 0 Å². The molecule has 1 heterocycles. The molecule has 0 spiro atoms. The van der Waals surface area contributed by atoms with E-state index in [-0.39, 0.29) is 6.04 Å². The average Bonchev–Trinajstić information content (AvgIpc) is 2.76. The predicted octanol–water partition coefficient (Wildman–Crippen LogP) is 4.33. The lowest BCUT2D eigenvalue weighted by atomic mass is 9.99. The lowest BCUT2D eigenvalue weighted by Crippen LogP contribution is -2.30. The third kappa shape index (κ3) is 3.03. The average molecular weight is 390 g/mol. The van der Waals surface area contributed by atoms with Gasteiger partial charge in [0.05, 0.1) is 6.04 Å². The number of hydrogen-bond acceptors (Lipinski definition) is 3. The summed E-state index contributed by atoms with van der Waals surface area (Å²) in [6.45, 7) is 2.10. The summed E-state index contributed by atoms with van der Waals surface area (Å²) in [5, 5.41) is 2.08. The molecular weight excluding hydrogens is 376 g/mol. The number of halogens is 2. The molecule has 2 aromatic rings. The second-order valence-corrected chi connectivity index (χ2v) is 6.78. The van der Waals surface area contributed by atoms with Gasteiger partial charge >= 0.3 is 0 Å². The first kappa shape index (κ1) is 14.2. The highest BCUT2D eigenvalue weighted by Gasteiger charge is 2.16. The third-order valence-corrected chi connectivity index (χ3v) is 5.77. The number of hydrazine groups is 1. The molecule has 3 N–H and O–H groups in total. The van der Waals surface area contributed by atoms with Gasteiger partial charge in [-0.3, -0.25) is 11.3 Å². The Balaban J connectivity index is 2.29. The summed E-state index contributed by atoms with van der Waals surface area (Å²) in [5.74, 6) is 5.71. The standard InChI is InChI=1S/C13H14Br2N2S/c1-8-9(3-2-4-10(8)14)12(17-16)7-13-11(15)5-6-18-13/h2-6,12,17H,7,16H2,1H3. The van der Waals surface area contributed by atoms with Crippen LogP contribution in [-0.4, -0.2) is 0 Å². The molecule has 1 aromatic carbocycles. The second-order valence-electron chi connectivity index (χ2n) is 4.07. The van der Waals surface area contributed by atoms with E-state index in [0.717, 1.165) is 15.4 Å². The summed E-state index contributed by atoms with van der Waals surface area (Å²) in [4.78, 5) is 1.30.